The second-order valence-electron chi connectivity index (χ2n) is 8.32. The summed E-state index contributed by atoms with van der Waals surface area (Å²) in [5, 5.41) is 19.1. The first-order valence-electron chi connectivity index (χ1n) is 10.1. The van der Waals surface area contributed by atoms with Crippen LogP contribution < -0.4 is 15.4 Å². The second-order valence-corrected chi connectivity index (χ2v) is 8.32. The number of aliphatic hydroxyl groups is 1. The number of fused-ring (bicyclic) bond motifs is 2. The summed E-state index contributed by atoms with van der Waals surface area (Å²) in [6, 6.07) is 6.44. The zero-order valence-electron chi connectivity index (χ0n) is 17.6. The van der Waals surface area contributed by atoms with Gasteiger partial charge >= 0.3 is 0 Å². The van der Waals surface area contributed by atoms with Crippen LogP contribution in [0.2, 0.25) is 0 Å². The van der Waals surface area contributed by atoms with Gasteiger partial charge in [0.25, 0.3) is 18.2 Å². The molecule has 0 saturated heterocycles. The number of rotatable bonds is 7. The Labute approximate surface area is 182 Å². The predicted molar refractivity (Wildman–Crippen MR) is 108 cm³/mol. The van der Waals surface area contributed by atoms with Gasteiger partial charge in [-0.05, 0) is 55.5 Å². The summed E-state index contributed by atoms with van der Waals surface area (Å²) < 4.78 is 35.5. The minimum atomic E-state index is -2.83. The average molecular weight is 447 g/mol. The third-order valence-electron chi connectivity index (χ3n) is 5.88. The van der Waals surface area contributed by atoms with E-state index in [2.05, 4.69) is 20.3 Å². The largest absolute Gasteiger partial charge is 0.484 e. The number of halogens is 2. The van der Waals surface area contributed by atoms with E-state index in [9.17, 15) is 23.5 Å². The standard InChI is InChI=1S/C22H23F2N3O5/c1-11-3-4-14(5-12(11)2)31-10-18(29)25-19-13-7-22(8-13,9-16(19)28)26-21(30)17-6-15(20(23)24)27-32-17/h3-6,16,20,28H,7-10H2,1-2H3,(H,25,29)(H,26,30)/t16-/m0/s1. The van der Waals surface area contributed by atoms with Crippen molar-refractivity contribution in [3.05, 3.63) is 58.1 Å². The van der Waals surface area contributed by atoms with Crippen molar-refractivity contribution in [3.8, 4) is 5.75 Å². The fourth-order valence-electron chi connectivity index (χ4n) is 4.06. The number of nitrogens with zero attached hydrogens (tertiary/aromatic N) is 1. The lowest BCUT2D eigenvalue weighted by Gasteiger charge is -2.51. The van der Waals surface area contributed by atoms with Gasteiger partial charge in [0.05, 0.1) is 11.6 Å². The maximum absolute atomic E-state index is 12.6. The van der Waals surface area contributed by atoms with Crippen LogP contribution in [0.15, 0.2) is 40.1 Å². The van der Waals surface area contributed by atoms with Crippen LogP contribution in [0.5, 0.6) is 5.75 Å². The minimum absolute atomic E-state index is 0.172. The van der Waals surface area contributed by atoms with Gasteiger partial charge in [-0.3, -0.25) is 9.59 Å². The fraction of sp³-hybridized carbons (Fsp3) is 0.409. The first-order chi connectivity index (χ1) is 15.2. The van der Waals surface area contributed by atoms with E-state index in [1.807, 2.05) is 26.0 Å². The van der Waals surface area contributed by atoms with Gasteiger partial charge in [-0.2, -0.15) is 0 Å². The third kappa shape index (κ3) is 4.36. The van der Waals surface area contributed by atoms with E-state index in [1.165, 1.54) is 0 Å². The SMILES string of the molecule is Cc1ccc(OCC(=O)NC2=C3CC(NC(=O)c4cc(C(F)F)no4)(C3)C[C@@H]2O)cc1C. The monoisotopic (exact) mass is 447 g/mol. The number of hydrogen-bond donors (Lipinski definition) is 3. The summed E-state index contributed by atoms with van der Waals surface area (Å²) >= 11 is 0. The summed E-state index contributed by atoms with van der Waals surface area (Å²) in [6.45, 7) is 3.73. The van der Waals surface area contributed by atoms with Crippen LogP contribution in [0.25, 0.3) is 0 Å². The third-order valence-corrected chi connectivity index (χ3v) is 5.88. The summed E-state index contributed by atoms with van der Waals surface area (Å²) in [6.07, 6.45) is -2.78. The van der Waals surface area contributed by atoms with Crippen LogP contribution in [0.4, 0.5) is 8.78 Å². The molecule has 32 heavy (non-hydrogen) atoms. The molecule has 1 saturated carbocycles. The molecule has 0 aliphatic heterocycles. The molecule has 0 unspecified atom stereocenters. The molecule has 5 rings (SSSR count). The van der Waals surface area contributed by atoms with E-state index >= 15 is 0 Å². The van der Waals surface area contributed by atoms with Crippen molar-refractivity contribution in [1.29, 1.82) is 0 Å². The highest BCUT2D eigenvalue weighted by molar-refractivity contribution is 5.92. The van der Waals surface area contributed by atoms with Crippen molar-refractivity contribution < 1.29 is 32.7 Å². The molecule has 2 bridgehead atoms. The Hall–Kier alpha value is -3.27. The number of benzene rings is 1. The Morgan fingerprint density at radius 1 is 1.28 bits per heavy atom. The number of carbonyl (C=O) groups is 2. The van der Waals surface area contributed by atoms with E-state index in [0.717, 1.165) is 22.8 Å². The number of carbonyl (C=O) groups excluding carboxylic acids is 2. The Balaban J connectivity index is 1.33. The van der Waals surface area contributed by atoms with Crippen molar-refractivity contribution in [3.63, 3.8) is 0 Å². The van der Waals surface area contributed by atoms with Crippen LogP contribution in [-0.2, 0) is 4.79 Å². The van der Waals surface area contributed by atoms with Gasteiger partial charge in [0, 0.05) is 18.2 Å². The second kappa shape index (κ2) is 8.34. The average Bonchev–Trinajstić information content (AvgIpc) is 3.21. The highest BCUT2D eigenvalue weighted by Crippen LogP contribution is 2.48. The number of ether oxygens (including phenoxy) is 1. The number of hydrogen-bond acceptors (Lipinski definition) is 6. The minimum Gasteiger partial charge on any atom is -0.484 e. The van der Waals surface area contributed by atoms with E-state index in [0.29, 0.717) is 24.3 Å². The first-order valence-corrected chi connectivity index (χ1v) is 10.1. The molecular formula is C22H23F2N3O5. The Morgan fingerprint density at radius 2 is 2.03 bits per heavy atom. The summed E-state index contributed by atoms with van der Waals surface area (Å²) in [7, 11) is 0. The first kappa shape index (κ1) is 21.9. The quantitative estimate of drug-likeness (QED) is 0.602. The van der Waals surface area contributed by atoms with Crippen molar-refractivity contribution in [2.75, 3.05) is 6.61 Å². The van der Waals surface area contributed by atoms with E-state index < -0.39 is 35.6 Å². The van der Waals surface area contributed by atoms with Gasteiger partial charge in [0.15, 0.2) is 12.3 Å². The smallest absolute Gasteiger partial charge is 0.290 e. The molecule has 10 heteroatoms. The molecule has 8 nitrogen and oxygen atoms in total. The summed E-state index contributed by atoms with van der Waals surface area (Å²) in [5.74, 6) is -0.804. The molecule has 3 aliphatic carbocycles. The molecule has 0 radical (unpaired) electrons. The highest BCUT2D eigenvalue weighted by atomic mass is 19.3. The van der Waals surface area contributed by atoms with E-state index in [-0.39, 0.29) is 18.8 Å². The number of aromatic nitrogens is 1. The molecule has 3 N–H and O–H groups in total. The zero-order chi connectivity index (χ0) is 23.0. The molecule has 2 amide bonds. The lowest BCUT2D eigenvalue weighted by molar-refractivity contribution is -0.123. The number of amides is 2. The Morgan fingerprint density at radius 3 is 2.66 bits per heavy atom. The normalized spacial score (nSPS) is 21.9. The molecular weight excluding hydrogens is 424 g/mol. The maximum atomic E-state index is 12.6. The van der Waals surface area contributed by atoms with Crippen LogP contribution in [-0.4, -0.2) is 40.3 Å². The van der Waals surface area contributed by atoms with Gasteiger partial charge in [0.2, 0.25) is 5.76 Å². The molecule has 1 atom stereocenters. The van der Waals surface area contributed by atoms with Crippen LogP contribution in [0.3, 0.4) is 0 Å². The predicted octanol–water partition coefficient (Wildman–Crippen LogP) is 2.71. The van der Waals surface area contributed by atoms with Crippen molar-refractivity contribution in [1.82, 2.24) is 15.8 Å². The van der Waals surface area contributed by atoms with Gasteiger partial charge in [-0.15, -0.1) is 0 Å². The van der Waals surface area contributed by atoms with Crippen molar-refractivity contribution >= 4 is 11.8 Å². The highest BCUT2D eigenvalue weighted by Gasteiger charge is 2.50. The number of nitrogens with one attached hydrogen (secondary N) is 2. The van der Waals surface area contributed by atoms with Gasteiger partial charge in [-0.1, -0.05) is 11.2 Å². The van der Waals surface area contributed by atoms with Crippen molar-refractivity contribution in [2.45, 2.75) is 51.2 Å². The number of alkyl halides is 2. The number of aliphatic hydroxyl groups excluding tert-OH is 1. The fourth-order valence-corrected chi connectivity index (χ4v) is 4.06. The van der Waals surface area contributed by atoms with Crippen LogP contribution in [0, 0.1) is 13.8 Å². The van der Waals surface area contributed by atoms with E-state index in [4.69, 9.17) is 4.74 Å². The summed E-state index contributed by atoms with van der Waals surface area (Å²) in [5.41, 5.74) is 2.09. The van der Waals surface area contributed by atoms with Crippen LogP contribution >= 0.6 is 0 Å². The number of aryl methyl sites for hydroxylation is 2. The molecule has 0 spiro atoms. The molecule has 3 aliphatic rings. The molecule has 170 valence electrons. The maximum Gasteiger partial charge on any atom is 0.290 e. The molecule has 2 aromatic rings. The van der Waals surface area contributed by atoms with Gasteiger partial charge in [0.1, 0.15) is 5.75 Å². The summed E-state index contributed by atoms with van der Waals surface area (Å²) in [4.78, 5) is 24.6. The molecule has 1 heterocycles. The Bertz CT molecular complexity index is 1090. The molecule has 1 fully saturated rings. The van der Waals surface area contributed by atoms with E-state index in [1.54, 1.807) is 6.07 Å². The molecule has 1 aromatic carbocycles. The van der Waals surface area contributed by atoms with Gasteiger partial charge < -0.3 is 25.0 Å². The van der Waals surface area contributed by atoms with Crippen LogP contribution in [0.1, 0.15) is 53.1 Å². The van der Waals surface area contributed by atoms with Gasteiger partial charge in [-0.25, -0.2) is 8.78 Å². The Kier molecular flexibility index (Phi) is 5.72. The zero-order valence-corrected chi connectivity index (χ0v) is 17.6. The molecule has 1 aromatic heterocycles. The topological polar surface area (TPSA) is 114 Å². The lowest BCUT2D eigenvalue weighted by atomic mass is 9.63. The van der Waals surface area contributed by atoms with Crippen molar-refractivity contribution in [2.24, 2.45) is 0 Å². The lowest BCUT2D eigenvalue weighted by Crippen LogP contribution is -2.61.